The molecule has 2 aromatic carbocycles. The molecule has 0 saturated carbocycles. The molecule has 0 aliphatic carbocycles. The Balaban J connectivity index is 2.26. The van der Waals surface area contributed by atoms with Gasteiger partial charge in [-0.15, -0.1) is 0 Å². The summed E-state index contributed by atoms with van der Waals surface area (Å²) in [6.07, 6.45) is 0. The summed E-state index contributed by atoms with van der Waals surface area (Å²) in [4.78, 5) is 0. The number of ether oxygens (including phenoxy) is 1. The highest BCUT2D eigenvalue weighted by molar-refractivity contribution is 5.57. The highest BCUT2D eigenvalue weighted by Gasteiger charge is 2.13. The van der Waals surface area contributed by atoms with Crippen molar-refractivity contribution < 1.29 is 14.2 Å². The van der Waals surface area contributed by atoms with E-state index in [4.69, 9.17) is 4.74 Å². The fourth-order valence-corrected chi connectivity index (χ4v) is 2.01. The van der Waals surface area contributed by atoms with Gasteiger partial charge >= 0.3 is 0 Å². The lowest BCUT2D eigenvalue weighted by molar-refractivity contribution is 0.275. The fourth-order valence-electron chi connectivity index (χ4n) is 2.01. The standard InChI is InChI=1S/C16H18FNO2/c1-11-7-8-12(9-13(11)17)15(10-19)18-14-5-3-4-6-16(14)20-2/h3-9,15,18-19H,10H2,1-2H3. The molecular formula is C16H18FNO2. The van der Waals surface area contributed by atoms with Crippen molar-refractivity contribution in [3.63, 3.8) is 0 Å². The molecule has 2 N–H and O–H groups in total. The van der Waals surface area contributed by atoms with Crippen LogP contribution >= 0.6 is 0 Å². The van der Waals surface area contributed by atoms with Gasteiger partial charge < -0.3 is 15.2 Å². The quantitative estimate of drug-likeness (QED) is 0.879. The second kappa shape index (κ2) is 6.39. The number of aliphatic hydroxyl groups is 1. The van der Waals surface area contributed by atoms with Crippen molar-refractivity contribution in [3.8, 4) is 5.75 Å². The maximum Gasteiger partial charge on any atom is 0.141 e. The molecule has 3 nitrogen and oxygen atoms in total. The van der Waals surface area contributed by atoms with Gasteiger partial charge in [0.15, 0.2) is 0 Å². The first-order chi connectivity index (χ1) is 9.65. The van der Waals surface area contributed by atoms with Gasteiger partial charge in [-0.05, 0) is 36.2 Å². The fraction of sp³-hybridized carbons (Fsp3) is 0.250. The van der Waals surface area contributed by atoms with Crippen molar-refractivity contribution in [2.75, 3.05) is 19.0 Å². The third-order valence-electron chi connectivity index (χ3n) is 3.22. The first kappa shape index (κ1) is 14.3. The smallest absolute Gasteiger partial charge is 0.141 e. The van der Waals surface area contributed by atoms with Crippen molar-refractivity contribution in [1.29, 1.82) is 0 Å². The molecule has 0 heterocycles. The van der Waals surface area contributed by atoms with Crippen LogP contribution < -0.4 is 10.1 Å². The zero-order valence-electron chi connectivity index (χ0n) is 11.6. The van der Waals surface area contributed by atoms with Crippen LogP contribution in [-0.2, 0) is 0 Å². The highest BCUT2D eigenvalue weighted by Crippen LogP contribution is 2.28. The number of aliphatic hydroxyl groups excluding tert-OH is 1. The van der Waals surface area contributed by atoms with Crippen molar-refractivity contribution in [3.05, 3.63) is 59.4 Å². The first-order valence-corrected chi connectivity index (χ1v) is 6.42. The summed E-state index contributed by atoms with van der Waals surface area (Å²) in [5.41, 5.74) is 2.04. The number of para-hydroxylation sites is 2. The lowest BCUT2D eigenvalue weighted by atomic mass is 10.0. The molecule has 0 saturated heterocycles. The molecular weight excluding hydrogens is 257 g/mol. The normalized spacial score (nSPS) is 12.0. The summed E-state index contributed by atoms with van der Waals surface area (Å²) in [6, 6.07) is 12.0. The van der Waals surface area contributed by atoms with Crippen LogP contribution in [0.1, 0.15) is 17.2 Å². The second-order valence-electron chi connectivity index (χ2n) is 4.59. The lowest BCUT2D eigenvalue weighted by Gasteiger charge is -2.20. The van der Waals surface area contributed by atoms with E-state index in [9.17, 15) is 9.50 Å². The Kier molecular flexibility index (Phi) is 4.58. The second-order valence-corrected chi connectivity index (χ2v) is 4.59. The molecule has 0 amide bonds. The van der Waals surface area contributed by atoms with Crippen LogP contribution in [0.3, 0.4) is 0 Å². The minimum atomic E-state index is -0.388. The van der Waals surface area contributed by atoms with Gasteiger partial charge in [-0.3, -0.25) is 0 Å². The number of methoxy groups -OCH3 is 1. The van der Waals surface area contributed by atoms with Gasteiger partial charge in [-0.2, -0.15) is 0 Å². The van der Waals surface area contributed by atoms with Crippen molar-refractivity contribution >= 4 is 5.69 Å². The third-order valence-corrected chi connectivity index (χ3v) is 3.22. The summed E-state index contributed by atoms with van der Waals surface area (Å²) in [6.45, 7) is 1.57. The highest BCUT2D eigenvalue weighted by atomic mass is 19.1. The first-order valence-electron chi connectivity index (χ1n) is 6.42. The van der Waals surface area contributed by atoms with Crippen molar-refractivity contribution in [2.45, 2.75) is 13.0 Å². The van der Waals surface area contributed by atoms with Crippen LogP contribution in [0.5, 0.6) is 5.75 Å². The van der Waals surface area contributed by atoms with Crippen molar-refractivity contribution in [2.24, 2.45) is 0 Å². The molecule has 0 aliphatic heterocycles. The topological polar surface area (TPSA) is 41.5 Å². The van der Waals surface area contributed by atoms with E-state index in [0.717, 1.165) is 5.69 Å². The van der Waals surface area contributed by atoms with Gasteiger partial charge in [0, 0.05) is 0 Å². The molecule has 1 atom stereocenters. The van der Waals surface area contributed by atoms with Gasteiger partial charge in [0.1, 0.15) is 11.6 Å². The Labute approximate surface area is 118 Å². The molecule has 20 heavy (non-hydrogen) atoms. The van der Waals surface area contributed by atoms with Crippen LogP contribution in [0.15, 0.2) is 42.5 Å². The largest absolute Gasteiger partial charge is 0.495 e. The molecule has 0 bridgehead atoms. The van der Waals surface area contributed by atoms with E-state index in [0.29, 0.717) is 16.9 Å². The molecule has 0 aromatic heterocycles. The van der Waals surface area contributed by atoms with Gasteiger partial charge in [-0.25, -0.2) is 4.39 Å². The molecule has 0 fully saturated rings. The van der Waals surface area contributed by atoms with Gasteiger partial charge in [0.25, 0.3) is 0 Å². The molecule has 2 rings (SSSR count). The molecule has 1 unspecified atom stereocenters. The Morgan fingerprint density at radius 2 is 2.00 bits per heavy atom. The maximum absolute atomic E-state index is 13.6. The molecule has 4 heteroatoms. The van der Waals surface area contributed by atoms with E-state index in [1.54, 1.807) is 20.1 Å². The van der Waals surface area contributed by atoms with Crippen LogP contribution in [0.25, 0.3) is 0 Å². The molecule has 0 spiro atoms. The predicted molar refractivity (Wildman–Crippen MR) is 77.6 cm³/mol. The summed E-state index contributed by atoms with van der Waals surface area (Å²) in [5, 5.41) is 12.7. The predicted octanol–water partition coefficient (Wildman–Crippen LogP) is 3.29. The monoisotopic (exact) mass is 275 g/mol. The number of hydrogen-bond donors (Lipinski definition) is 2. The van der Waals surface area contributed by atoms with Crippen LogP contribution in [0.2, 0.25) is 0 Å². The Morgan fingerprint density at radius 1 is 1.25 bits per heavy atom. The SMILES string of the molecule is COc1ccccc1NC(CO)c1ccc(C)c(F)c1. The molecule has 0 aliphatic rings. The number of nitrogens with one attached hydrogen (secondary N) is 1. The number of halogens is 1. The van der Waals surface area contributed by atoms with Crippen molar-refractivity contribution in [1.82, 2.24) is 0 Å². The maximum atomic E-state index is 13.6. The summed E-state index contributed by atoms with van der Waals surface area (Å²) >= 11 is 0. The van der Waals surface area contributed by atoms with E-state index in [2.05, 4.69) is 5.32 Å². The van der Waals surface area contributed by atoms with Gasteiger partial charge in [0.05, 0.1) is 25.4 Å². The lowest BCUT2D eigenvalue weighted by Crippen LogP contribution is -2.15. The summed E-state index contributed by atoms with van der Waals surface area (Å²) < 4.78 is 18.9. The Bertz CT molecular complexity index is 586. The average molecular weight is 275 g/mol. The minimum absolute atomic E-state index is 0.138. The molecule has 2 aromatic rings. The molecule has 106 valence electrons. The zero-order valence-corrected chi connectivity index (χ0v) is 11.6. The van der Waals surface area contributed by atoms with E-state index < -0.39 is 0 Å². The molecule has 0 radical (unpaired) electrons. The average Bonchev–Trinajstić information content (AvgIpc) is 2.48. The van der Waals surface area contributed by atoms with Crippen LogP contribution in [-0.4, -0.2) is 18.8 Å². The van der Waals surface area contributed by atoms with E-state index >= 15 is 0 Å². The van der Waals surface area contributed by atoms with E-state index in [-0.39, 0.29) is 18.5 Å². The third kappa shape index (κ3) is 3.08. The van der Waals surface area contributed by atoms with Crippen LogP contribution in [0.4, 0.5) is 10.1 Å². The Morgan fingerprint density at radius 3 is 2.65 bits per heavy atom. The van der Waals surface area contributed by atoms with Gasteiger partial charge in [-0.1, -0.05) is 24.3 Å². The summed E-state index contributed by atoms with van der Waals surface area (Å²) in [5.74, 6) is 0.404. The number of benzene rings is 2. The van der Waals surface area contributed by atoms with Gasteiger partial charge in [0.2, 0.25) is 0 Å². The summed E-state index contributed by atoms with van der Waals surface area (Å²) in [7, 11) is 1.58. The number of anilines is 1. The van der Waals surface area contributed by atoms with E-state index in [1.165, 1.54) is 6.07 Å². The number of aryl methyl sites for hydroxylation is 1. The minimum Gasteiger partial charge on any atom is -0.495 e. The zero-order chi connectivity index (χ0) is 14.5. The van der Waals surface area contributed by atoms with Crippen LogP contribution in [0, 0.1) is 12.7 Å². The van der Waals surface area contributed by atoms with E-state index in [1.807, 2.05) is 30.3 Å². The Hall–Kier alpha value is -2.07. The number of hydrogen-bond acceptors (Lipinski definition) is 3. The number of rotatable bonds is 5.